The molecule has 0 aliphatic carbocycles. The summed E-state index contributed by atoms with van der Waals surface area (Å²) < 4.78 is 6.53. The molecule has 4 rings (SSSR count). The fourth-order valence-corrected chi connectivity index (χ4v) is 4.84. The van der Waals surface area contributed by atoms with Crippen molar-refractivity contribution in [2.24, 2.45) is 0 Å². The van der Waals surface area contributed by atoms with Crippen LogP contribution in [0.2, 0.25) is 0 Å². The first-order valence-corrected chi connectivity index (χ1v) is 11.2. The molecule has 0 bridgehead atoms. The molecule has 2 aromatic rings. The van der Waals surface area contributed by atoms with Gasteiger partial charge in [0.25, 0.3) is 5.91 Å². The fourth-order valence-electron chi connectivity index (χ4n) is 4.84. The van der Waals surface area contributed by atoms with Crippen LogP contribution in [0.25, 0.3) is 0 Å². The van der Waals surface area contributed by atoms with Gasteiger partial charge in [-0.25, -0.2) is 4.98 Å². The van der Waals surface area contributed by atoms with Crippen LogP contribution in [0.1, 0.15) is 61.5 Å². The van der Waals surface area contributed by atoms with Gasteiger partial charge in [-0.3, -0.25) is 14.6 Å². The molecule has 31 heavy (non-hydrogen) atoms. The maximum Gasteiger partial charge on any atom is 0.274 e. The maximum atomic E-state index is 12.9. The van der Waals surface area contributed by atoms with Crippen LogP contribution < -0.4 is 4.74 Å². The van der Waals surface area contributed by atoms with E-state index in [0.717, 1.165) is 43.7 Å². The predicted molar refractivity (Wildman–Crippen MR) is 117 cm³/mol. The highest BCUT2D eigenvalue weighted by atomic mass is 16.5. The van der Waals surface area contributed by atoms with Gasteiger partial charge in [-0.2, -0.15) is 0 Å². The molecule has 0 saturated carbocycles. The Labute approximate surface area is 183 Å². The molecule has 1 fully saturated rings. The summed E-state index contributed by atoms with van der Waals surface area (Å²) in [4.78, 5) is 37.5. The summed E-state index contributed by atoms with van der Waals surface area (Å²) >= 11 is 0. The number of hydrogen-bond acceptors (Lipinski definition) is 5. The molecule has 7 nitrogen and oxygen atoms in total. The van der Waals surface area contributed by atoms with E-state index < -0.39 is 0 Å². The Morgan fingerprint density at radius 2 is 1.90 bits per heavy atom. The van der Waals surface area contributed by atoms with Crippen molar-refractivity contribution in [2.75, 3.05) is 26.2 Å². The van der Waals surface area contributed by atoms with E-state index in [1.807, 2.05) is 41.8 Å². The molecule has 1 saturated heterocycles. The lowest BCUT2D eigenvalue weighted by Gasteiger charge is -2.47. The number of nitrogens with zero attached hydrogens (tertiary/aromatic N) is 4. The van der Waals surface area contributed by atoms with Gasteiger partial charge in [0, 0.05) is 63.8 Å². The summed E-state index contributed by atoms with van der Waals surface area (Å²) in [6.07, 6.45) is 7.38. The third-order valence-electron chi connectivity index (χ3n) is 6.59. The summed E-state index contributed by atoms with van der Waals surface area (Å²) in [5.74, 6) is 1.10. The van der Waals surface area contributed by atoms with Gasteiger partial charge in [0.15, 0.2) is 0 Å². The number of para-hydroxylation sites is 1. The Hall–Kier alpha value is -2.96. The number of aromatic nitrogens is 2. The second kappa shape index (κ2) is 9.04. The highest BCUT2D eigenvalue weighted by Gasteiger charge is 2.44. The van der Waals surface area contributed by atoms with Crippen molar-refractivity contribution in [3.05, 3.63) is 54.1 Å². The normalized spacial score (nSPS) is 19.4. The van der Waals surface area contributed by atoms with Gasteiger partial charge in [0.05, 0.1) is 6.20 Å². The third-order valence-corrected chi connectivity index (χ3v) is 6.59. The first-order valence-electron chi connectivity index (χ1n) is 11.2. The topological polar surface area (TPSA) is 75.6 Å². The molecule has 1 spiro atoms. The highest BCUT2D eigenvalue weighted by Crippen LogP contribution is 2.46. The minimum absolute atomic E-state index is 0.0904. The zero-order chi connectivity index (χ0) is 21.8. The van der Waals surface area contributed by atoms with Crippen molar-refractivity contribution in [1.82, 2.24) is 19.8 Å². The summed E-state index contributed by atoms with van der Waals surface area (Å²) in [6.45, 7) is 6.70. The van der Waals surface area contributed by atoms with Crippen molar-refractivity contribution >= 4 is 11.8 Å². The molecule has 1 aromatic heterocycles. The van der Waals surface area contributed by atoms with Crippen molar-refractivity contribution in [3.8, 4) is 5.75 Å². The number of ether oxygens (including phenoxy) is 1. The average Bonchev–Trinajstić information content (AvgIpc) is 2.80. The second-order valence-corrected chi connectivity index (χ2v) is 8.38. The van der Waals surface area contributed by atoms with E-state index in [1.54, 1.807) is 6.20 Å². The van der Waals surface area contributed by atoms with E-state index in [-0.39, 0.29) is 23.3 Å². The van der Waals surface area contributed by atoms with Crippen molar-refractivity contribution in [1.29, 1.82) is 0 Å². The number of carbonyl (C=O) groups is 2. The standard InChI is InChI=1S/C24H30N4O3/c1-3-27(4-2)22(29)15-18-16-24(31-21-8-6-5-7-19(18)21)9-13-28(14-10-24)23(30)20-17-25-11-12-26-20/h5-8,11-12,17-18H,3-4,9-10,13-16H2,1-2H3/t18-/m1/s1. The summed E-state index contributed by atoms with van der Waals surface area (Å²) in [7, 11) is 0. The van der Waals surface area contributed by atoms with Crippen LogP contribution in [0.4, 0.5) is 0 Å². The van der Waals surface area contributed by atoms with E-state index in [4.69, 9.17) is 4.74 Å². The number of hydrogen-bond donors (Lipinski definition) is 0. The molecular weight excluding hydrogens is 392 g/mol. The molecule has 164 valence electrons. The molecule has 2 amide bonds. The van der Waals surface area contributed by atoms with Crippen LogP contribution in [0.5, 0.6) is 5.75 Å². The first-order chi connectivity index (χ1) is 15.0. The molecule has 3 heterocycles. The zero-order valence-corrected chi connectivity index (χ0v) is 18.3. The Bertz CT molecular complexity index is 921. The number of amides is 2. The van der Waals surface area contributed by atoms with Crippen molar-refractivity contribution in [2.45, 2.75) is 51.0 Å². The predicted octanol–water partition coefficient (Wildman–Crippen LogP) is 3.28. The van der Waals surface area contributed by atoms with Gasteiger partial charge >= 0.3 is 0 Å². The molecule has 1 aromatic carbocycles. The molecule has 0 N–H and O–H groups in total. The highest BCUT2D eigenvalue weighted by molar-refractivity contribution is 5.92. The van der Waals surface area contributed by atoms with Crippen LogP contribution in [0, 0.1) is 0 Å². The lowest BCUT2D eigenvalue weighted by molar-refractivity contribution is -0.131. The largest absolute Gasteiger partial charge is 0.487 e. The van der Waals surface area contributed by atoms with Gasteiger partial charge in [-0.05, 0) is 31.9 Å². The van der Waals surface area contributed by atoms with Crippen LogP contribution >= 0.6 is 0 Å². The second-order valence-electron chi connectivity index (χ2n) is 8.38. The van der Waals surface area contributed by atoms with Gasteiger partial charge in [-0.15, -0.1) is 0 Å². The Kier molecular flexibility index (Phi) is 6.20. The van der Waals surface area contributed by atoms with E-state index in [2.05, 4.69) is 16.0 Å². The number of piperidine rings is 1. The average molecular weight is 423 g/mol. The quantitative estimate of drug-likeness (QED) is 0.739. The van der Waals surface area contributed by atoms with Gasteiger partial charge in [0.1, 0.15) is 17.0 Å². The Morgan fingerprint density at radius 3 is 2.58 bits per heavy atom. The Morgan fingerprint density at radius 1 is 1.16 bits per heavy atom. The van der Waals surface area contributed by atoms with E-state index >= 15 is 0 Å². The number of carbonyl (C=O) groups excluding carboxylic acids is 2. The summed E-state index contributed by atoms with van der Waals surface area (Å²) in [5, 5.41) is 0. The molecule has 2 aliphatic heterocycles. The molecule has 0 radical (unpaired) electrons. The van der Waals surface area contributed by atoms with Gasteiger partial charge in [0.2, 0.25) is 5.91 Å². The van der Waals surface area contributed by atoms with E-state index in [9.17, 15) is 9.59 Å². The van der Waals surface area contributed by atoms with Crippen LogP contribution in [0.3, 0.4) is 0 Å². The molecule has 2 aliphatic rings. The molecule has 0 unspecified atom stereocenters. The molecule has 1 atom stereocenters. The number of benzene rings is 1. The number of likely N-dealkylation sites (tertiary alicyclic amines) is 1. The van der Waals surface area contributed by atoms with Crippen LogP contribution in [-0.2, 0) is 4.79 Å². The van der Waals surface area contributed by atoms with E-state index in [1.165, 1.54) is 12.4 Å². The van der Waals surface area contributed by atoms with E-state index in [0.29, 0.717) is 25.2 Å². The third kappa shape index (κ3) is 4.40. The van der Waals surface area contributed by atoms with Crippen molar-refractivity contribution in [3.63, 3.8) is 0 Å². The van der Waals surface area contributed by atoms with Crippen LogP contribution in [-0.4, -0.2) is 63.4 Å². The lowest BCUT2D eigenvalue weighted by atomic mass is 9.76. The molecular formula is C24H30N4O3. The van der Waals surface area contributed by atoms with Crippen molar-refractivity contribution < 1.29 is 14.3 Å². The first kappa shape index (κ1) is 21.3. The fraction of sp³-hybridized carbons (Fsp3) is 0.500. The smallest absolute Gasteiger partial charge is 0.274 e. The maximum absolute atomic E-state index is 12.9. The molecule has 7 heteroatoms. The van der Waals surface area contributed by atoms with Crippen LogP contribution in [0.15, 0.2) is 42.9 Å². The number of fused-ring (bicyclic) bond motifs is 1. The zero-order valence-electron chi connectivity index (χ0n) is 18.3. The SMILES string of the molecule is CCN(CC)C(=O)C[C@@H]1CC2(CCN(C(=O)c3cnccn3)CC2)Oc2ccccc21. The number of rotatable bonds is 5. The Balaban J connectivity index is 1.50. The van der Waals surface area contributed by atoms with Gasteiger partial charge in [-0.1, -0.05) is 18.2 Å². The monoisotopic (exact) mass is 422 g/mol. The summed E-state index contributed by atoms with van der Waals surface area (Å²) in [5.41, 5.74) is 1.14. The van der Waals surface area contributed by atoms with Gasteiger partial charge < -0.3 is 14.5 Å². The minimum atomic E-state index is -0.346. The summed E-state index contributed by atoms with van der Waals surface area (Å²) in [6, 6.07) is 8.07. The lowest BCUT2D eigenvalue weighted by Crippen LogP contribution is -2.52. The minimum Gasteiger partial charge on any atom is -0.487 e.